The van der Waals surface area contributed by atoms with Crippen molar-refractivity contribution in [2.45, 2.75) is 6.42 Å². The van der Waals surface area contributed by atoms with E-state index in [1.54, 1.807) is 0 Å². The predicted octanol–water partition coefficient (Wildman–Crippen LogP) is 0.154. The third kappa shape index (κ3) is 0.894. The Labute approximate surface area is 48.5 Å². The van der Waals surface area contributed by atoms with Crippen LogP contribution < -0.4 is 5.43 Å². The first-order chi connectivity index (χ1) is 3.30. The molecule has 2 nitrogen and oxygen atoms in total. The minimum atomic E-state index is 1.01. The first-order valence-corrected chi connectivity index (χ1v) is 2.71. The van der Waals surface area contributed by atoms with E-state index in [0.717, 1.165) is 18.0 Å². The Morgan fingerprint density at radius 1 is 1.86 bits per heavy atom. The van der Waals surface area contributed by atoms with Gasteiger partial charge in [-0.15, -0.1) is 0 Å². The Kier molecular flexibility index (Phi) is 1.25. The molecule has 0 aromatic carbocycles. The van der Waals surface area contributed by atoms with Gasteiger partial charge in [-0.2, -0.15) is 0 Å². The summed E-state index contributed by atoms with van der Waals surface area (Å²) in [5, 5.41) is 1.88. The molecular weight excluding hydrogens is 108 g/mol. The summed E-state index contributed by atoms with van der Waals surface area (Å²) in [4.78, 5) is 1.01. The molecule has 1 aliphatic rings. The Hall–Kier alpha value is -0.150. The quantitative estimate of drug-likeness (QED) is 0.454. The van der Waals surface area contributed by atoms with Crippen LogP contribution in [0.15, 0.2) is 0 Å². The molecule has 0 radical (unpaired) electrons. The molecule has 7 heavy (non-hydrogen) atoms. The molecule has 0 aliphatic carbocycles. The second kappa shape index (κ2) is 1.76. The molecule has 1 saturated heterocycles. The zero-order chi connectivity index (χ0) is 5.28. The number of nitrogens with zero attached hydrogens (tertiary/aromatic N) is 1. The maximum Gasteiger partial charge on any atom is 0.0932 e. The maximum atomic E-state index is 4.91. The lowest BCUT2D eigenvalue weighted by atomic mass is 10.5. The van der Waals surface area contributed by atoms with E-state index in [1.165, 1.54) is 0 Å². The highest BCUT2D eigenvalue weighted by Gasteiger charge is 2.09. The van der Waals surface area contributed by atoms with Gasteiger partial charge in [-0.05, 0) is 0 Å². The highest BCUT2D eigenvalue weighted by molar-refractivity contribution is 7.80. The molecule has 3 heteroatoms. The normalized spacial score (nSPS) is 21.3. The van der Waals surface area contributed by atoms with Crippen molar-refractivity contribution < 1.29 is 0 Å². The molecule has 1 rings (SSSR count). The van der Waals surface area contributed by atoms with Crippen LogP contribution in [0.3, 0.4) is 0 Å². The lowest BCUT2D eigenvalue weighted by Gasteiger charge is -2.07. The van der Waals surface area contributed by atoms with E-state index in [2.05, 4.69) is 5.43 Å². The van der Waals surface area contributed by atoms with Crippen LogP contribution >= 0.6 is 12.2 Å². The molecule has 1 N–H and O–H groups in total. The fourth-order valence-electron chi connectivity index (χ4n) is 0.586. The Bertz CT molecular complexity index is 91.7. The van der Waals surface area contributed by atoms with E-state index >= 15 is 0 Å². The largest absolute Gasteiger partial charge is 0.305 e. The van der Waals surface area contributed by atoms with Crippen molar-refractivity contribution in [3.63, 3.8) is 0 Å². The van der Waals surface area contributed by atoms with Crippen LogP contribution in [0.2, 0.25) is 0 Å². The number of thiocarbonyl (C=S) groups is 1. The summed E-state index contributed by atoms with van der Waals surface area (Å²) in [7, 11) is 1.94. The Morgan fingerprint density at radius 2 is 2.57 bits per heavy atom. The summed E-state index contributed by atoms with van der Waals surface area (Å²) in [5.41, 5.74) is 3.06. The highest BCUT2D eigenvalue weighted by Crippen LogP contribution is 1.95. The summed E-state index contributed by atoms with van der Waals surface area (Å²) >= 11 is 4.91. The zero-order valence-corrected chi connectivity index (χ0v) is 5.09. The Balaban J connectivity index is 2.48. The number of rotatable bonds is 0. The molecular formula is C4H8N2S. The van der Waals surface area contributed by atoms with E-state index in [9.17, 15) is 0 Å². The number of hydrogen-bond donors (Lipinski definition) is 1. The summed E-state index contributed by atoms with van der Waals surface area (Å²) < 4.78 is 0. The topological polar surface area (TPSA) is 15.3 Å². The van der Waals surface area contributed by atoms with Gasteiger partial charge >= 0.3 is 0 Å². The minimum Gasteiger partial charge on any atom is -0.305 e. The second-order valence-corrected chi connectivity index (χ2v) is 2.08. The van der Waals surface area contributed by atoms with Gasteiger partial charge in [-0.1, -0.05) is 12.2 Å². The molecule has 0 saturated carbocycles. The van der Waals surface area contributed by atoms with Gasteiger partial charge in [0.2, 0.25) is 0 Å². The number of nitrogens with one attached hydrogen (secondary N) is 1. The smallest absolute Gasteiger partial charge is 0.0932 e. The van der Waals surface area contributed by atoms with Gasteiger partial charge in [-0.3, -0.25) is 0 Å². The molecule has 1 heterocycles. The van der Waals surface area contributed by atoms with Crippen LogP contribution in [0, 0.1) is 0 Å². The van der Waals surface area contributed by atoms with Crippen molar-refractivity contribution in [2.24, 2.45) is 0 Å². The van der Waals surface area contributed by atoms with Crippen LogP contribution in [0.1, 0.15) is 6.42 Å². The third-order valence-electron chi connectivity index (χ3n) is 1.06. The summed E-state index contributed by atoms with van der Waals surface area (Å²) in [6.45, 7) is 1.01. The molecule has 0 aromatic rings. The van der Waals surface area contributed by atoms with Crippen LogP contribution in [0.5, 0.6) is 0 Å². The molecule has 1 fully saturated rings. The molecule has 0 amide bonds. The van der Waals surface area contributed by atoms with Gasteiger partial charge in [0.15, 0.2) is 0 Å². The monoisotopic (exact) mass is 116 g/mol. The number of hydrazine groups is 1. The zero-order valence-electron chi connectivity index (χ0n) is 4.27. The molecule has 1 aliphatic heterocycles. The third-order valence-corrected chi connectivity index (χ3v) is 1.54. The van der Waals surface area contributed by atoms with Gasteiger partial charge < -0.3 is 5.01 Å². The van der Waals surface area contributed by atoms with Gasteiger partial charge in [-0.25, -0.2) is 5.43 Å². The second-order valence-electron chi connectivity index (χ2n) is 1.61. The maximum absolute atomic E-state index is 4.91. The summed E-state index contributed by atoms with van der Waals surface area (Å²) in [6, 6.07) is 0. The van der Waals surface area contributed by atoms with Crippen molar-refractivity contribution in [3.8, 4) is 0 Å². The van der Waals surface area contributed by atoms with Gasteiger partial charge in [0, 0.05) is 20.0 Å². The molecule has 0 atom stereocenters. The van der Waals surface area contributed by atoms with Crippen molar-refractivity contribution >= 4 is 17.2 Å². The standard InChI is InChI=1S/C4H8N2S/c1-6-4(7)2-3-5-6/h5H,2-3H2,1H3. The van der Waals surface area contributed by atoms with Crippen molar-refractivity contribution in [3.05, 3.63) is 0 Å². The molecule has 0 spiro atoms. The lowest BCUT2D eigenvalue weighted by Crippen LogP contribution is -2.28. The first-order valence-electron chi connectivity index (χ1n) is 2.31. The van der Waals surface area contributed by atoms with E-state index in [4.69, 9.17) is 12.2 Å². The fourth-order valence-corrected chi connectivity index (χ4v) is 0.753. The average molecular weight is 116 g/mol. The first kappa shape index (κ1) is 5.00. The van der Waals surface area contributed by atoms with Crippen LogP contribution in [0.25, 0.3) is 0 Å². The molecule has 0 bridgehead atoms. The molecule has 40 valence electrons. The van der Waals surface area contributed by atoms with E-state index in [-0.39, 0.29) is 0 Å². The predicted molar refractivity (Wildman–Crippen MR) is 33.0 cm³/mol. The summed E-state index contributed by atoms with van der Waals surface area (Å²) in [5.74, 6) is 0. The highest BCUT2D eigenvalue weighted by atomic mass is 32.1. The van der Waals surface area contributed by atoms with E-state index < -0.39 is 0 Å². The van der Waals surface area contributed by atoms with Gasteiger partial charge in [0.1, 0.15) is 0 Å². The lowest BCUT2D eigenvalue weighted by molar-refractivity contribution is 0.424. The van der Waals surface area contributed by atoms with Crippen molar-refractivity contribution in [2.75, 3.05) is 13.6 Å². The molecule has 0 aromatic heterocycles. The van der Waals surface area contributed by atoms with Crippen LogP contribution in [0.4, 0.5) is 0 Å². The SMILES string of the molecule is CN1NCCC1=S. The Morgan fingerprint density at radius 3 is 2.71 bits per heavy atom. The average Bonchev–Trinajstić information content (AvgIpc) is 1.91. The van der Waals surface area contributed by atoms with E-state index in [1.807, 2.05) is 12.1 Å². The van der Waals surface area contributed by atoms with Gasteiger partial charge in [0.05, 0.1) is 4.99 Å². The molecule has 0 unspecified atom stereocenters. The van der Waals surface area contributed by atoms with Crippen molar-refractivity contribution in [1.82, 2.24) is 10.4 Å². The van der Waals surface area contributed by atoms with Gasteiger partial charge in [0.25, 0.3) is 0 Å². The fraction of sp³-hybridized carbons (Fsp3) is 0.750. The van der Waals surface area contributed by atoms with Crippen molar-refractivity contribution in [1.29, 1.82) is 0 Å². The van der Waals surface area contributed by atoms with E-state index in [0.29, 0.717) is 0 Å². The minimum absolute atomic E-state index is 1.01. The summed E-state index contributed by atoms with van der Waals surface area (Å²) in [6.07, 6.45) is 1.02. The van der Waals surface area contributed by atoms with Crippen LogP contribution in [-0.2, 0) is 0 Å². The number of hydrogen-bond acceptors (Lipinski definition) is 2. The van der Waals surface area contributed by atoms with Crippen LogP contribution in [-0.4, -0.2) is 23.6 Å².